The third kappa shape index (κ3) is 4.26. The standard InChI is InChI=1S/C14H22N4O2S/c1-2-18(10-4-3-6-16-8-10)9-12(19)17-14-11(13(15)20)5-7-21-14/h5,7,10,16H,2-4,6,8-9H2,1H3,(H2,15,20)(H,17,19). The topological polar surface area (TPSA) is 87.5 Å². The lowest BCUT2D eigenvalue weighted by Crippen LogP contribution is -2.48. The summed E-state index contributed by atoms with van der Waals surface area (Å²) in [5.74, 6) is -0.622. The Hall–Kier alpha value is -1.44. The Kier molecular flexibility index (Phi) is 5.72. The summed E-state index contributed by atoms with van der Waals surface area (Å²) < 4.78 is 0. The molecular weight excluding hydrogens is 288 g/mol. The first-order valence-electron chi connectivity index (χ1n) is 7.23. The van der Waals surface area contributed by atoms with Crippen molar-refractivity contribution in [1.82, 2.24) is 10.2 Å². The van der Waals surface area contributed by atoms with E-state index >= 15 is 0 Å². The SMILES string of the molecule is CCN(CC(=O)Nc1sccc1C(N)=O)C1CCCNC1. The van der Waals surface area contributed by atoms with Crippen molar-refractivity contribution in [3.05, 3.63) is 17.0 Å². The highest BCUT2D eigenvalue weighted by molar-refractivity contribution is 7.14. The van der Waals surface area contributed by atoms with Crippen molar-refractivity contribution in [3.63, 3.8) is 0 Å². The zero-order valence-electron chi connectivity index (χ0n) is 12.2. The van der Waals surface area contributed by atoms with Gasteiger partial charge in [0, 0.05) is 12.6 Å². The molecule has 1 aliphatic rings. The largest absolute Gasteiger partial charge is 0.366 e. The smallest absolute Gasteiger partial charge is 0.251 e. The second-order valence-corrected chi connectivity index (χ2v) is 6.06. The number of nitrogens with zero attached hydrogens (tertiary/aromatic N) is 1. The predicted octanol–water partition coefficient (Wildman–Crippen LogP) is 0.859. The van der Waals surface area contributed by atoms with Gasteiger partial charge in [-0.15, -0.1) is 11.3 Å². The van der Waals surface area contributed by atoms with Crippen LogP contribution in [-0.4, -0.2) is 48.9 Å². The van der Waals surface area contributed by atoms with Crippen molar-refractivity contribution in [2.75, 3.05) is 31.5 Å². The first-order chi connectivity index (χ1) is 10.1. The Morgan fingerprint density at radius 2 is 2.38 bits per heavy atom. The molecule has 7 heteroatoms. The van der Waals surface area contributed by atoms with E-state index in [-0.39, 0.29) is 5.91 Å². The van der Waals surface area contributed by atoms with E-state index in [2.05, 4.69) is 22.5 Å². The van der Waals surface area contributed by atoms with Crippen molar-refractivity contribution in [2.24, 2.45) is 5.73 Å². The molecular formula is C14H22N4O2S. The number of hydrogen-bond acceptors (Lipinski definition) is 5. The van der Waals surface area contributed by atoms with E-state index in [1.54, 1.807) is 11.4 Å². The molecule has 4 N–H and O–H groups in total. The molecule has 1 aromatic rings. The molecule has 0 bridgehead atoms. The number of carbonyl (C=O) groups excluding carboxylic acids is 2. The van der Waals surface area contributed by atoms with E-state index in [0.717, 1.165) is 32.5 Å². The van der Waals surface area contributed by atoms with Crippen LogP contribution in [-0.2, 0) is 4.79 Å². The van der Waals surface area contributed by atoms with Crippen LogP contribution in [0, 0.1) is 0 Å². The van der Waals surface area contributed by atoms with E-state index in [4.69, 9.17) is 5.73 Å². The first-order valence-corrected chi connectivity index (χ1v) is 8.11. The molecule has 21 heavy (non-hydrogen) atoms. The molecule has 2 amide bonds. The van der Waals surface area contributed by atoms with Crippen molar-refractivity contribution >= 4 is 28.2 Å². The van der Waals surface area contributed by atoms with E-state index < -0.39 is 5.91 Å². The molecule has 1 fully saturated rings. The minimum absolute atomic E-state index is 0.104. The summed E-state index contributed by atoms with van der Waals surface area (Å²) >= 11 is 1.31. The maximum atomic E-state index is 12.2. The quantitative estimate of drug-likeness (QED) is 0.727. The monoisotopic (exact) mass is 310 g/mol. The number of thiophene rings is 1. The average molecular weight is 310 g/mol. The van der Waals surface area contributed by atoms with Gasteiger partial charge in [0.2, 0.25) is 5.91 Å². The zero-order chi connectivity index (χ0) is 15.2. The fraction of sp³-hybridized carbons (Fsp3) is 0.571. The van der Waals surface area contributed by atoms with Crippen molar-refractivity contribution in [3.8, 4) is 0 Å². The first kappa shape index (κ1) is 15.9. The molecule has 1 saturated heterocycles. The van der Waals surface area contributed by atoms with Crippen LogP contribution < -0.4 is 16.4 Å². The molecule has 0 aliphatic carbocycles. The molecule has 1 unspecified atom stereocenters. The molecule has 0 saturated carbocycles. The molecule has 0 radical (unpaired) electrons. The Balaban J connectivity index is 1.93. The number of anilines is 1. The minimum atomic E-state index is -0.518. The van der Waals surface area contributed by atoms with Gasteiger partial charge >= 0.3 is 0 Å². The summed E-state index contributed by atoms with van der Waals surface area (Å²) in [6.45, 7) is 5.19. The van der Waals surface area contributed by atoms with Crippen LogP contribution >= 0.6 is 11.3 Å². The van der Waals surface area contributed by atoms with Gasteiger partial charge in [0.15, 0.2) is 0 Å². The number of hydrogen-bond donors (Lipinski definition) is 3. The minimum Gasteiger partial charge on any atom is -0.366 e. The van der Waals surface area contributed by atoms with Gasteiger partial charge < -0.3 is 16.4 Å². The summed E-state index contributed by atoms with van der Waals surface area (Å²) in [6, 6.07) is 2.03. The summed E-state index contributed by atoms with van der Waals surface area (Å²) in [5.41, 5.74) is 5.65. The third-order valence-electron chi connectivity index (χ3n) is 3.72. The number of rotatable bonds is 6. The van der Waals surface area contributed by atoms with E-state index in [0.29, 0.717) is 23.2 Å². The molecule has 1 aromatic heterocycles. The Morgan fingerprint density at radius 1 is 1.57 bits per heavy atom. The fourth-order valence-corrected chi connectivity index (χ4v) is 3.40. The molecule has 2 rings (SSSR count). The normalized spacial score (nSPS) is 18.7. The Bertz CT molecular complexity index is 497. The van der Waals surface area contributed by atoms with Crippen LogP contribution in [0.2, 0.25) is 0 Å². The van der Waals surface area contributed by atoms with Gasteiger partial charge in [-0.05, 0) is 37.4 Å². The number of carbonyl (C=O) groups is 2. The van der Waals surface area contributed by atoms with Gasteiger partial charge in [0.05, 0.1) is 12.1 Å². The second kappa shape index (κ2) is 7.53. The van der Waals surface area contributed by atoms with Gasteiger partial charge in [-0.2, -0.15) is 0 Å². The third-order valence-corrected chi connectivity index (χ3v) is 4.55. The maximum Gasteiger partial charge on any atom is 0.251 e. The van der Waals surface area contributed by atoms with Crippen molar-refractivity contribution in [1.29, 1.82) is 0 Å². The van der Waals surface area contributed by atoms with Gasteiger partial charge in [0.25, 0.3) is 5.91 Å². The van der Waals surface area contributed by atoms with Crippen molar-refractivity contribution in [2.45, 2.75) is 25.8 Å². The number of likely N-dealkylation sites (N-methyl/N-ethyl adjacent to an activating group) is 1. The number of piperidine rings is 1. The molecule has 2 heterocycles. The van der Waals surface area contributed by atoms with E-state index in [9.17, 15) is 9.59 Å². The van der Waals surface area contributed by atoms with Crippen LogP contribution in [0.4, 0.5) is 5.00 Å². The van der Waals surface area contributed by atoms with Gasteiger partial charge in [-0.3, -0.25) is 14.5 Å². The Labute approximate surface area is 128 Å². The number of nitrogens with one attached hydrogen (secondary N) is 2. The molecule has 0 spiro atoms. The van der Waals surface area contributed by atoms with E-state index in [1.807, 2.05) is 0 Å². The van der Waals surface area contributed by atoms with Crippen LogP contribution in [0.5, 0.6) is 0 Å². The molecule has 1 aliphatic heterocycles. The highest BCUT2D eigenvalue weighted by Gasteiger charge is 2.22. The van der Waals surface area contributed by atoms with Crippen LogP contribution in [0.25, 0.3) is 0 Å². The maximum absolute atomic E-state index is 12.2. The molecule has 0 aromatic carbocycles. The number of nitrogens with two attached hydrogens (primary N) is 1. The van der Waals surface area contributed by atoms with Crippen LogP contribution in [0.1, 0.15) is 30.1 Å². The van der Waals surface area contributed by atoms with E-state index in [1.165, 1.54) is 11.3 Å². The zero-order valence-corrected chi connectivity index (χ0v) is 13.0. The summed E-state index contributed by atoms with van der Waals surface area (Å²) in [6.07, 6.45) is 2.25. The van der Waals surface area contributed by atoms with Gasteiger partial charge in [-0.25, -0.2) is 0 Å². The average Bonchev–Trinajstić information content (AvgIpc) is 2.94. The fourth-order valence-electron chi connectivity index (χ4n) is 2.59. The second-order valence-electron chi connectivity index (χ2n) is 5.14. The predicted molar refractivity (Wildman–Crippen MR) is 84.6 cm³/mol. The molecule has 116 valence electrons. The Morgan fingerprint density at radius 3 is 3.00 bits per heavy atom. The summed E-state index contributed by atoms with van der Waals surface area (Å²) in [4.78, 5) is 25.6. The molecule has 1 atom stereocenters. The van der Waals surface area contributed by atoms with Crippen LogP contribution in [0.3, 0.4) is 0 Å². The lowest BCUT2D eigenvalue weighted by atomic mass is 10.1. The highest BCUT2D eigenvalue weighted by atomic mass is 32.1. The van der Waals surface area contributed by atoms with Gasteiger partial charge in [-0.1, -0.05) is 6.92 Å². The summed E-state index contributed by atoms with van der Waals surface area (Å²) in [7, 11) is 0. The molecule has 6 nitrogen and oxygen atoms in total. The number of amides is 2. The lowest BCUT2D eigenvalue weighted by molar-refractivity contribution is -0.117. The van der Waals surface area contributed by atoms with Gasteiger partial charge in [0.1, 0.15) is 5.00 Å². The summed E-state index contributed by atoms with van der Waals surface area (Å²) in [5, 5.41) is 8.43. The lowest BCUT2D eigenvalue weighted by Gasteiger charge is -2.33. The van der Waals surface area contributed by atoms with Crippen LogP contribution in [0.15, 0.2) is 11.4 Å². The van der Waals surface area contributed by atoms with Crippen molar-refractivity contribution < 1.29 is 9.59 Å². The number of primary amides is 1. The highest BCUT2D eigenvalue weighted by Crippen LogP contribution is 2.22.